The quantitative estimate of drug-likeness (QED) is 0.866. The van der Waals surface area contributed by atoms with Gasteiger partial charge in [0.05, 0.1) is 12.1 Å². The molecular weight excluding hydrogens is 347 g/mol. The molecule has 1 aliphatic rings. The maximum atomic E-state index is 12.7. The van der Waals surface area contributed by atoms with Crippen LogP contribution in [0.3, 0.4) is 0 Å². The summed E-state index contributed by atoms with van der Waals surface area (Å²) in [5.74, 6) is -0.235. The molecule has 1 N–H and O–H groups in total. The van der Waals surface area contributed by atoms with Gasteiger partial charge in [-0.15, -0.1) is 0 Å². The zero-order valence-electron chi connectivity index (χ0n) is 15.0. The van der Waals surface area contributed by atoms with Crippen molar-refractivity contribution in [3.05, 3.63) is 29.8 Å². The maximum Gasteiger partial charge on any atom is 0.406 e. The number of likely N-dealkylation sites (tertiary alicyclic amines) is 1. The highest BCUT2D eigenvalue weighted by Crippen LogP contribution is 2.22. The van der Waals surface area contributed by atoms with Crippen LogP contribution in [0.5, 0.6) is 0 Å². The Kier molecular flexibility index (Phi) is 6.50. The first-order chi connectivity index (χ1) is 12.2. The van der Waals surface area contributed by atoms with Crippen molar-refractivity contribution < 1.29 is 22.8 Å². The Morgan fingerprint density at radius 1 is 1.23 bits per heavy atom. The Morgan fingerprint density at radius 3 is 2.46 bits per heavy atom. The number of alkyl halides is 3. The van der Waals surface area contributed by atoms with Gasteiger partial charge < -0.3 is 15.1 Å². The molecule has 26 heavy (non-hydrogen) atoms. The van der Waals surface area contributed by atoms with E-state index in [4.69, 9.17) is 0 Å². The summed E-state index contributed by atoms with van der Waals surface area (Å²) < 4.78 is 37.1. The SMILES string of the molecule is CC1CCN(C(=O)c2ccccc2NCC(=O)N(C)CC(F)(F)F)CC1. The summed E-state index contributed by atoms with van der Waals surface area (Å²) >= 11 is 0. The number of hydrogen-bond donors (Lipinski definition) is 1. The van der Waals surface area contributed by atoms with Gasteiger partial charge in [0.15, 0.2) is 0 Å². The Morgan fingerprint density at radius 2 is 1.85 bits per heavy atom. The summed E-state index contributed by atoms with van der Waals surface area (Å²) in [7, 11) is 1.10. The van der Waals surface area contributed by atoms with Crippen LogP contribution in [-0.4, -0.2) is 61.0 Å². The number of halogens is 3. The van der Waals surface area contributed by atoms with Crippen LogP contribution in [0.25, 0.3) is 0 Å². The highest BCUT2D eigenvalue weighted by molar-refractivity contribution is 6.00. The van der Waals surface area contributed by atoms with E-state index in [1.807, 2.05) is 0 Å². The highest BCUT2D eigenvalue weighted by atomic mass is 19.4. The molecule has 0 atom stereocenters. The number of nitrogens with one attached hydrogen (secondary N) is 1. The van der Waals surface area contributed by atoms with Gasteiger partial charge in [-0.2, -0.15) is 13.2 Å². The van der Waals surface area contributed by atoms with Crippen LogP contribution < -0.4 is 5.32 Å². The Bertz CT molecular complexity index is 641. The van der Waals surface area contributed by atoms with E-state index in [2.05, 4.69) is 12.2 Å². The fourth-order valence-electron chi connectivity index (χ4n) is 2.87. The minimum atomic E-state index is -4.44. The lowest BCUT2D eigenvalue weighted by Gasteiger charge is -2.31. The lowest BCUT2D eigenvalue weighted by molar-refractivity contribution is -0.157. The molecule has 0 bridgehead atoms. The highest BCUT2D eigenvalue weighted by Gasteiger charge is 2.31. The number of para-hydroxylation sites is 1. The van der Waals surface area contributed by atoms with Gasteiger partial charge in [-0.3, -0.25) is 9.59 Å². The van der Waals surface area contributed by atoms with Crippen molar-refractivity contribution in [1.82, 2.24) is 9.80 Å². The molecule has 1 aromatic rings. The van der Waals surface area contributed by atoms with Gasteiger partial charge in [0.2, 0.25) is 5.91 Å². The molecule has 1 saturated heterocycles. The summed E-state index contributed by atoms with van der Waals surface area (Å²) in [6.45, 7) is 1.90. The molecule has 0 saturated carbocycles. The number of likely N-dealkylation sites (N-methyl/N-ethyl adjacent to an activating group) is 1. The molecule has 0 aliphatic carbocycles. The molecule has 0 unspecified atom stereocenters. The van der Waals surface area contributed by atoms with E-state index < -0.39 is 18.6 Å². The van der Waals surface area contributed by atoms with Crippen molar-refractivity contribution in [2.24, 2.45) is 5.92 Å². The molecular formula is C18H24F3N3O2. The summed E-state index contributed by atoms with van der Waals surface area (Å²) in [5, 5.41) is 2.80. The van der Waals surface area contributed by atoms with E-state index >= 15 is 0 Å². The monoisotopic (exact) mass is 371 g/mol. The Hall–Kier alpha value is -2.25. The Balaban J connectivity index is 2.00. The van der Waals surface area contributed by atoms with Crippen LogP contribution in [0.15, 0.2) is 24.3 Å². The number of amides is 2. The van der Waals surface area contributed by atoms with Crippen LogP contribution in [-0.2, 0) is 4.79 Å². The Labute approximate surface area is 151 Å². The fourth-order valence-corrected chi connectivity index (χ4v) is 2.87. The molecule has 1 aromatic carbocycles. The van der Waals surface area contributed by atoms with Gasteiger partial charge >= 0.3 is 6.18 Å². The summed E-state index contributed by atoms with van der Waals surface area (Å²) in [6, 6.07) is 6.74. The lowest BCUT2D eigenvalue weighted by atomic mass is 9.98. The third kappa shape index (κ3) is 5.64. The van der Waals surface area contributed by atoms with Crippen molar-refractivity contribution in [2.75, 3.05) is 38.5 Å². The van der Waals surface area contributed by atoms with E-state index in [9.17, 15) is 22.8 Å². The minimum absolute atomic E-state index is 0.129. The number of piperidine rings is 1. The number of anilines is 1. The molecule has 0 radical (unpaired) electrons. The van der Waals surface area contributed by atoms with E-state index in [0.717, 1.165) is 19.9 Å². The summed E-state index contributed by atoms with van der Waals surface area (Å²) in [5.41, 5.74) is 0.873. The molecule has 0 aromatic heterocycles. The smallest absolute Gasteiger partial charge is 0.376 e. The van der Waals surface area contributed by atoms with Gasteiger partial charge in [-0.05, 0) is 30.9 Å². The number of benzene rings is 1. The van der Waals surface area contributed by atoms with Gasteiger partial charge in [-0.25, -0.2) is 0 Å². The number of carbonyl (C=O) groups is 2. The molecule has 2 rings (SSSR count). The van der Waals surface area contributed by atoms with E-state index in [1.165, 1.54) is 0 Å². The van der Waals surface area contributed by atoms with Crippen molar-refractivity contribution in [3.63, 3.8) is 0 Å². The molecule has 1 heterocycles. The number of nitrogens with zero attached hydrogens (tertiary/aromatic N) is 2. The molecule has 1 aliphatic heterocycles. The summed E-state index contributed by atoms with van der Waals surface area (Å²) in [6.07, 6.45) is -2.55. The lowest BCUT2D eigenvalue weighted by Crippen LogP contribution is -2.39. The average Bonchev–Trinajstić information content (AvgIpc) is 2.58. The molecule has 2 amide bonds. The summed E-state index contributed by atoms with van der Waals surface area (Å²) in [4.78, 5) is 27.0. The maximum absolute atomic E-state index is 12.7. The normalized spacial score (nSPS) is 15.7. The predicted molar refractivity (Wildman–Crippen MR) is 92.9 cm³/mol. The second-order valence-electron chi connectivity index (χ2n) is 6.74. The first kappa shape index (κ1) is 20.1. The molecule has 5 nitrogen and oxygen atoms in total. The van der Waals surface area contributed by atoms with Crippen LogP contribution in [0.2, 0.25) is 0 Å². The average molecular weight is 371 g/mol. The largest absolute Gasteiger partial charge is 0.406 e. The van der Waals surface area contributed by atoms with Crippen molar-refractivity contribution in [2.45, 2.75) is 25.9 Å². The van der Waals surface area contributed by atoms with Gasteiger partial charge in [0, 0.05) is 25.8 Å². The molecule has 144 valence electrons. The van der Waals surface area contributed by atoms with Gasteiger partial charge in [-0.1, -0.05) is 19.1 Å². The zero-order chi connectivity index (χ0) is 19.3. The van der Waals surface area contributed by atoms with Gasteiger partial charge in [0.25, 0.3) is 5.91 Å². The van der Waals surface area contributed by atoms with E-state index in [-0.39, 0.29) is 12.5 Å². The third-order valence-electron chi connectivity index (χ3n) is 4.50. The molecule has 0 spiro atoms. The van der Waals surface area contributed by atoms with Crippen LogP contribution >= 0.6 is 0 Å². The fraction of sp³-hybridized carbons (Fsp3) is 0.556. The zero-order valence-corrected chi connectivity index (χ0v) is 15.0. The number of hydrogen-bond acceptors (Lipinski definition) is 3. The second kappa shape index (κ2) is 8.42. The number of carbonyl (C=O) groups excluding carboxylic acids is 2. The van der Waals surface area contributed by atoms with Gasteiger partial charge in [0.1, 0.15) is 6.54 Å². The van der Waals surface area contributed by atoms with E-state index in [0.29, 0.717) is 35.2 Å². The molecule has 8 heteroatoms. The van der Waals surface area contributed by atoms with E-state index in [1.54, 1.807) is 29.2 Å². The van der Waals surface area contributed by atoms with Crippen molar-refractivity contribution in [1.29, 1.82) is 0 Å². The first-order valence-corrected chi connectivity index (χ1v) is 8.60. The number of rotatable bonds is 5. The standard InChI is InChI=1S/C18H24F3N3O2/c1-13-7-9-24(10-8-13)17(26)14-5-3-4-6-15(14)22-11-16(25)23(2)12-18(19,20)21/h3-6,13,22H,7-12H2,1-2H3. The van der Waals surface area contributed by atoms with Crippen LogP contribution in [0, 0.1) is 5.92 Å². The predicted octanol–water partition coefficient (Wildman–Crippen LogP) is 2.99. The first-order valence-electron chi connectivity index (χ1n) is 8.60. The molecule has 1 fully saturated rings. The minimum Gasteiger partial charge on any atom is -0.376 e. The second-order valence-corrected chi connectivity index (χ2v) is 6.74. The van der Waals surface area contributed by atoms with Crippen LogP contribution in [0.1, 0.15) is 30.1 Å². The van der Waals surface area contributed by atoms with Crippen LogP contribution in [0.4, 0.5) is 18.9 Å². The third-order valence-corrected chi connectivity index (χ3v) is 4.50. The topological polar surface area (TPSA) is 52.7 Å². The van der Waals surface area contributed by atoms with Crippen molar-refractivity contribution in [3.8, 4) is 0 Å². The van der Waals surface area contributed by atoms with Crippen molar-refractivity contribution >= 4 is 17.5 Å².